The van der Waals surface area contributed by atoms with E-state index in [0.717, 1.165) is 27.6 Å². The van der Waals surface area contributed by atoms with Gasteiger partial charge in [0.25, 0.3) is 0 Å². The number of rotatable bonds is 8. The van der Waals surface area contributed by atoms with Crippen molar-refractivity contribution in [3.05, 3.63) is 124 Å². The number of ketones is 1. The van der Waals surface area contributed by atoms with E-state index in [0.29, 0.717) is 34.8 Å². The number of furan rings is 1. The Balaban J connectivity index is 1.38. The maximum Gasteiger partial charge on any atom is 0.337 e. The van der Waals surface area contributed by atoms with Crippen molar-refractivity contribution >= 4 is 34.3 Å². The minimum atomic E-state index is -1.05. The lowest BCUT2D eigenvalue weighted by Gasteiger charge is -2.20. The molecule has 0 aliphatic heterocycles. The Morgan fingerprint density at radius 2 is 1.78 bits per heavy atom. The van der Waals surface area contributed by atoms with Crippen molar-refractivity contribution in [2.45, 2.75) is 25.7 Å². The van der Waals surface area contributed by atoms with Crippen LogP contribution in [0.15, 0.2) is 95.7 Å². The highest BCUT2D eigenvalue weighted by atomic mass is 35.5. The van der Waals surface area contributed by atoms with Gasteiger partial charge in [-0.05, 0) is 65.6 Å². The van der Waals surface area contributed by atoms with Crippen LogP contribution >= 0.6 is 11.6 Å². The summed E-state index contributed by atoms with van der Waals surface area (Å²) in [7, 11) is 0. The fourth-order valence-corrected chi connectivity index (χ4v) is 4.91. The molecule has 2 aromatic heterocycles. The van der Waals surface area contributed by atoms with Crippen LogP contribution in [0.1, 0.15) is 45.0 Å². The van der Waals surface area contributed by atoms with Crippen LogP contribution in [0.25, 0.3) is 22.3 Å². The molecule has 5 nitrogen and oxygen atoms in total. The highest BCUT2D eigenvalue weighted by molar-refractivity contribution is 6.30. The first-order valence-corrected chi connectivity index (χ1v) is 12.3. The van der Waals surface area contributed by atoms with Crippen molar-refractivity contribution in [1.82, 2.24) is 4.98 Å². The fraction of sp³-hybridized carbons (Fsp3) is 0.129. The van der Waals surface area contributed by atoms with Crippen LogP contribution in [0.3, 0.4) is 0 Å². The molecule has 1 atom stereocenters. The molecule has 184 valence electrons. The summed E-state index contributed by atoms with van der Waals surface area (Å²) >= 11 is 6.19. The molecule has 37 heavy (non-hydrogen) atoms. The van der Waals surface area contributed by atoms with Crippen LogP contribution in [0, 0.1) is 6.92 Å². The largest absolute Gasteiger partial charge is 0.478 e. The second kappa shape index (κ2) is 10.4. The highest BCUT2D eigenvalue weighted by Gasteiger charge is 2.21. The number of benzene rings is 3. The number of carboxylic acids is 1. The molecule has 1 unspecified atom stereocenters. The molecule has 5 aromatic rings. The Labute approximate surface area is 219 Å². The summed E-state index contributed by atoms with van der Waals surface area (Å²) in [6.45, 7) is 2.02. The van der Waals surface area contributed by atoms with Crippen molar-refractivity contribution in [2.24, 2.45) is 0 Å². The number of aryl methyl sites for hydroxylation is 1. The molecule has 2 heterocycles. The molecule has 0 saturated heterocycles. The second-order valence-electron chi connectivity index (χ2n) is 9.13. The van der Waals surface area contributed by atoms with Crippen LogP contribution in [-0.2, 0) is 11.2 Å². The summed E-state index contributed by atoms with van der Waals surface area (Å²) in [5.74, 6) is -0.459. The minimum Gasteiger partial charge on any atom is -0.478 e. The number of carbonyl (C=O) groups excluding carboxylic acids is 1. The van der Waals surface area contributed by atoms with Gasteiger partial charge in [-0.1, -0.05) is 54.1 Å². The third kappa shape index (κ3) is 5.47. The van der Waals surface area contributed by atoms with Crippen LogP contribution in [-0.4, -0.2) is 21.8 Å². The number of Topliss-reactive ketones (excluding diaryl/α,β-unsaturated/α-hetero) is 1. The maximum absolute atomic E-state index is 13.3. The lowest BCUT2D eigenvalue weighted by atomic mass is 9.84. The Kier molecular flexibility index (Phi) is 6.89. The molecular weight excluding hydrogens is 486 g/mol. The summed E-state index contributed by atoms with van der Waals surface area (Å²) in [6, 6.07) is 24.9. The number of hydrogen-bond donors (Lipinski definition) is 1. The normalized spacial score (nSPS) is 11.9. The van der Waals surface area contributed by atoms with Gasteiger partial charge in [0, 0.05) is 47.1 Å². The third-order valence-corrected chi connectivity index (χ3v) is 6.73. The first-order chi connectivity index (χ1) is 17.9. The monoisotopic (exact) mass is 509 g/mol. The van der Waals surface area contributed by atoms with E-state index >= 15 is 0 Å². The standard InChI is InChI=1S/C31H24ClNO4/c1-19-11-25(32)8-9-27(19)28(21-5-3-2-4-6-21)16-26(34)13-20-7-10-29-22(12-20)15-30(37-29)23-14-24(31(35)36)18-33-17-23/h2-12,14-15,17-18,28H,13,16H2,1H3,(H,35,36). The molecule has 0 amide bonds. The van der Waals surface area contributed by atoms with Crippen molar-refractivity contribution < 1.29 is 19.1 Å². The van der Waals surface area contributed by atoms with Gasteiger partial charge in [0.2, 0.25) is 0 Å². The average molecular weight is 510 g/mol. The van der Waals surface area contributed by atoms with E-state index in [2.05, 4.69) is 17.1 Å². The zero-order valence-corrected chi connectivity index (χ0v) is 20.9. The van der Waals surface area contributed by atoms with Gasteiger partial charge in [-0.25, -0.2) is 4.79 Å². The van der Waals surface area contributed by atoms with Gasteiger partial charge in [0.1, 0.15) is 17.1 Å². The second-order valence-corrected chi connectivity index (χ2v) is 9.57. The van der Waals surface area contributed by atoms with Crippen LogP contribution in [0.4, 0.5) is 0 Å². The van der Waals surface area contributed by atoms with E-state index in [1.165, 1.54) is 12.3 Å². The summed E-state index contributed by atoms with van der Waals surface area (Å²) in [6.07, 6.45) is 3.53. The highest BCUT2D eigenvalue weighted by Crippen LogP contribution is 2.33. The third-order valence-electron chi connectivity index (χ3n) is 6.49. The molecular formula is C31H24ClNO4. The zero-order valence-electron chi connectivity index (χ0n) is 20.1. The van der Waals surface area contributed by atoms with E-state index in [1.54, 1.807) is 6.20 Å². The number of carbonyl (C=O) groups is 2. The van der Waals surface area contributed by atoms with Gasteiger partial charge in [-0.2, -0.15) is 0 Å². The van der Waals surface area contributed by atoms with Gasteiger partial charge in [-0.15, -0.1) is 0 Å². The quantitative estimate of drug-likeness (QED) is 0.234. The average Bonchev–Trinajstić information content (AvgIpc) is 3.32. The molecule has 0 aliphatic carbocycles. The molecule has 0 saturated carbocycles. The number of aromatic carboxylic acids is 1. The molecule has 5 rings (SSSR count). The number of halogens is 1. The molecule has 0 aliphatic rings. The number of hydrogen-bond acceptors (Lipinski definition) is 4. The number of aromatic nitrogens is 1. The fourth-order valence-electron chi connectivity index (χ4n) is 4.69. The van der Waals surface area contributed by atoms with Gasteiger partial charge in [0.15, 0.2) is 0 Å². The predicted octanol–water partition coefficient (Wildman–Crippen LogP) is 7.49. The SMILES string of the molecule is Cc1cc(Cl)ccc1C(CC(=O)Cc1ccc2oc(-c3cncc(C(=O)O)c3)cc2c1)c1ccccc1. The van der Waals surface area contributed by atoms with Gasteiger partial charge < -0.3 is 9.52 Å². The summed E-state index contributed by atoms with van der Waals surface area (Å²) in [5, 5.41) is 10.8. The molecule has 0 radical (unpaired) electrons. The van der Waals surface area contributed by atoms with E-state index in [1.807, 2.05) is 67.6 Å². The van der Waals surface area contributed by atoms with E-state index in [-0.39, 0.29) is 17.3 Å². The number of carboxylic acid groups (broad SMARTS) is 1. The Bertz CT molecular complexity index is 1610. The smallest absolute Gasteiger partial charge is 0.337 e. The predicted molar refractivity (Wildman–Crippen MR) is 144 cm³/mol. The molecule has 6 heteroatoms. The van der Waals surface area contributed by atoms with E-state index < -0.39 is 5.97 Å². The van der Waals surface area contributed by atoms with Gasteiger partial charge >= 0.3 is 5.97 Å². The molecule has 0 fully saturated rings. The van der Waals surface area contributed by atoms with Gasteiger partial charge in [0.05, 0.1) is 5.56 Å². The summed E-state index contributed by atoms with van der Waals surface area (Å²) in [5.41, 5.74) is 5.46. The Morgan fingerprint density at radius 1 is 0.973 bits per heavy atom. The van der Waals surface area contributed by atoms with E-state index in [9.17, 15) is 14.7 Å². The summed E-state index contributed by atoms with van der Waals surface area (Å²) in [4.78, 5) is 28.6. The molecule has 1 N–H and O–H groups in total. The number of fused-ring (bicyclic) bond motifs is 1. The lowest BCUT2D eigenvalue weighted by molar-refractivity contribution is -0.118. The number of pyridine rings is 1. The van der Waals surface area contributed by atoms with Crippen molar-refractivity contribution in [2.75, 3.05) is 0 Å². The van der Waals surface area contributed by atoms with Crippen LogP contribution in [0.5, 0.6) is 0 Å². The molecule has 0 bridgehead atoms. The van der Waals surface area contributed by atoms with Crippen LogP contribution < -0.4 is 0 Å². The van der Waals surface area contributed by atoms with Gasteiger partial charge in [-0.3, -0.25) is 9.78 Å². The maximum atomic E-state index is 13.3. The van der Waals surface area contributed by atoms with Crippen molar-refractivity contribution in [3.63, 3.8) is 0 Å². The molecule has 0 spiro atoms. The van der Waals surface area contributed by atoms with Crippen molar-refractivity contribution in [3.8, 4) is 11.3 Å². The number of nitrogens with zero attached hydrogens (tertiary/aromatic N) is 1. The topological polar surface area (TPSA) is 80.4 Å². The van der Waals surface area contributed by atoms with Crippen LogP contribution in [0.2, 0.25) is 5.02 Å². The van der Waals surface area contributed by atoms with E-state index in [4.69, 9.17) is 16.0 Å². The van der Waals surface area contributed by atoms with Crippen molar-refractivity contribution in [1.29, 1.82) is 0 Å². The minimum absolute atomic E-state index is 0.0655. The Morgan fingerprint density at radius 3 is 2.54 bits per heavy atom. The first kappa shape index (κ1) is 24.5. The first-order valence-electron chi connectivity index (χ1n) is 11.9. The summed E-state index contributed by atoms with van der Waals surface area (Å²) < 4.78 is 5.92. The zero-order chi connectivity index (χ0) is 25.9. The Hall–Kier alpha value is -4.22. The lowest BCUT2D eigenvalue weighted by Crippen LogP contribution is -2.12. The molecule has 3 aromatic carbocycles.